The van der Waals surface area contributed by atoms with Crippen molar-refractivity contribution in [2.24, 2.45) is 5.92 Å². The Morgan fingerprint density at radius 3 is 2.64 bits per heavy atom. The van der Waals surface area contributed by atoms with Gasteiger partial charge in [-0.15, -0.1) is 12.4 Å². The van der Waals surface area contributed by atoms with Crippen LogP contribution in [0.4, 0.5) is 0 Å². The summed E-state index contributed by atoms with van der Waals surface area (Å²) in [7, 11) is 0. The molecule has 2 aliphatic rings. The molecule has 0 aromatic carbocycles. The van der Waals surface area contributed by atoms with Crippen LogP contribution in [0.15, 0.2) is 10.6 Å². The van der Waals surface area contributed by atoms with Crippen molar-refractivity contribution in [1.29, 1.82) is 0 Å². The number of aryl methyl sites for hydroxylation is 1. The second-order valence-electron chi connectivity index (χ2n) is 7.97. The van der Waals surface area contributed by atoms with Crippen LogP contribution in [0.1, 0.15) is 73.6 Å². The number of fused-ring (bicyclic) bond motifs is 1. The Labute approximate surface area is 172 Å². The number of rotatable bonds is 7. The van der Waals surface area contributed by atoms with Crippen molar-refractivity contribution in [2.45, 2.75) is 58.3 Å². The molecule has 0 spiro atoms. The number of amides is 1. The van der Waals surface area contributed by atoms with E-state index in [-0.39, 0.29) is 18.3 Å². The number of aromatic nitrogens is 2. The number of piperidine rings is 1. The molecular formula is C21H31ClN4O2. The predicted octanol–water partition coefficient (Wildman–Crippen LogP) is 3.94. The minimum atomic E-state index is 0. The first kappa shape index (κ1) is 21.1. The number of likely N-dealkylation sites (tertiary alicyclic amines) is 1. The first-order valence-corrected chi connectivity index (χ1v) is 10.5. The van der Waals surface area contributed by atoms with E-state index in [1.54, 1.807) is 0 Å². The number of halogens is 1. The first-order valence-electron chi connectivity index (χ1n) is 10.5. The maximum Gasteiger partial charge on any atom is 0.259 e. The summed E-state index contributed by atoms with van der Waals surface area (Å²) in [5, 5.41) is 8.49. The van der Waals surface area contributed by atoms with Crippen LogP contribution in [-0.2, 0) is 6.42 Å². The van der Waals surface area contributed by atoms with Crippen molar-refractivity contribution >= 4 is 29.4 Å². The Morgan fingerprint density at radius 1 is 1.25 bits per heavy atom. The van der Waals surface area contributed by atoms with Crippen molar-refractivity contribution < 1.29 is 9.32 Å². The second kappa shape index (κ2) is 9.23. The van der Waals surface area contributed by atoms with Crippen LogP contribution in [-0.4, -0.2) is 47.1 Å². The smallest absolute Gasteiger partial charge is 0.259 e. The lowest BCUT2D eigenvalue weighted by molar-refractivity contribution is 0.0692. The number of hydrogen-bond acceptors (Lipinski definition) is 5. The second-order valence-corrected chi connectivity index (χ2v) is 7.97. The van der Waals surface area contributed by atoms with Crippen molar-refractivity contribution in [1.82, 2.24) is 20.4 Å². The molecule has 6 nitrogen and oxygen atoms in total. The average molecular weight is 407 g/mol. The molecule has 1 aliphatic carbocycles. The number of carbonyl (C=O) groups excluding carboxylic acids is 1. The Balaban J connectivity index is 0.00000225. The molecular weight excluding hydrogens is 376 g/mol. The highest BCUT2D eigenvalue weighted by molar-refractivity contribution is 6.06. The Bertz CT molecular complexity index is 810. The number of nitrogens with one attached hydrogen (secondary N) is 1. The summed E-state index contributed by atoms with van der Waals surface area (Å²) < 4.78 is 5.52. The van der Waals surface area contributed by atoms with Gasteiger partial charge in [-0.25, -0.2) is 4.98 Å². The van der Waals surface area contributed by atoms with E-state index < -0.39 is 0 Å². The van der Waals surface area contributed by atoms with Crippen LogP contribution in [0.25, 0.3) is 11.1 Å². The summed E-state index contributed by atoms with van der Waals surface area (Å²) in [6.07, 6.45) is 6.20. The van der Waals surface area contributed by atoms with Gasteiger partial charge in [0.1, 0.15) is 0 Å². The minimum Gasteiger partial charge on any atom is -0.339 e. The molecule has 0 radical (unpaired) electrons. The lowest BCUT2D eigenvalue weighted by atomic mass is 9.95. The number of hydrogen-bond donors (Lipinski definition) is 1. The van der Waals surface area contributed by atoms with Gasteiger partial charge in [0.2, 0.25) is 0 Å². The van der Waals surface area contributed by atoms with E-state index in [0.717, 1.165) is 87.0 Å². The van der Waals surface area contributed by atoms with E-state index in [4.69, 9.17) is 4.52 Å². The van der Waals surface area contributed by atoms with Gasteiger partial charge in [-0.05, 0) is 57.2 Å². The molecule has 1 saturated heterocycles. The lowest BCUT2D eigenvalue weighted by Gasteiger charge is -2.32. The molecule has 1 amide bonds. The standard InChI is InChI=1S/C21H30N4O2.ClH/c1-3-5-17-19-16(12-18(15-6-7-15)23-20(19)27-24-17)21(26)25-10-8-14(9-11-25)13-22-4-2;/h12,14-15,22H,3-11,13H2,1-2H3;1H. The molecule has 2 aromatic rings. The highest BCUT2D eigenvalue weighted by Crippen LogP contribution is 2.41. The third-order valence-corrected chi connectivity index (χ3v) is 5.83. The topological polar surface area (TPSA) is 71.3 Å². The van der Waals surface area contributed by atoms with E-state index in [2.05, 4.69) is 29.3 Å². The summed E-state index contributed by atoms with van der Waals surface area (Å²) >= 11 is 0. The number of pyridine rings is 1. The van der Waals surface area contributed by atoms with Crippen LogP contribution in [0.2, 0.25) is 0 Å². The SMILES string of the molecule is CCCc1noc2nc(C3CC3)cc(C(=O)N3CCC(CNCC)CC3)c12.Cl. The fourth-order valence-electron chi connectivity index (χ4n) is 4.05. The molecule has 154 valence electrons. The van der Waals surface area contributed by atoms with Gasteiger partial charge in [0.15, 0.2) is 0 Å². The van der Waals surface area contributed by atoms with E-state index in [0.29, 0.717) is 17.5 Å². The molecule has 1 N–H and O–H groups in total. The zero-order valence-electron chi connectivity index (χ0n) is 16.9. The molecule has 0 unspecified atom stereocenters. The number of nitrogens with zero attached hydrogens (tertiary/aromatic N) is 3. The van der Waals surface area contributed by atoms with Crippen molar-refractivity contribution in [3.8, 4) is 0 Å². The van der Waals surface area contributed by atoms with Gasteiger partial charge in [0.25, 0.3) is 11.6 Å². The maximum absolute atomic E-state index is 13.4. The van der Waals surface area contributed by atoms with Crippen molar-refractivity contribution in [2.75, 3.05) is 26.2 Å². The van der Waals surface area contributed by atoms with Crippen LogP contribution < -0.4 is 5.32 Å². The highest BCUT2D eigenvalue weighted by atomic mass is 35.5. The van der Waals surface area contributed by atoms with E-state index in [1.807, 2.05) is 11.0 Å². The third kappa shape index (κ3) is 4.33. The average Bonchev–Trinajstić information content (AvgIpc) is 3.48. The molecule has 7 heteroatoms. The summed E-state index contributed by atoms with van der Waals surface area (Å²) in [5.74, 6) is 1.26. The first-order chi connectivity index (χ1) is 13.2. The number of carbonyl (C=O) groups is 1. The van der Waals surface area contributed by atoms with E-state index in [9.17, 15) is 4.79 Å². The molecule has 1 aliphatic heterocycles. The molecule has 28 heavy (non-hydrogen) atoms. The lowest BCUT2D eigenvalue weighted by Crippen LogP contribution is -2.40. The maximum atomic E-state index is 13.4. The molecule has 1 saturated carbocycles. The summed E-state index contributed by atoms with van der Waals surface area (Å²) in [6.45, 7) is 7.96. The normalized spacial score (nSPS) is 17.7. The molecule has 3 heterocycles. The van der Waals surface area contributed by atoms with Crippen LogP contribution >= 0.6 is 12.4 Å². The van der Waals surface area contributed by atoms with Gasteiger partial charge in [0, 0.05) is 24.7 Å². The summed E-state index contributed by atoms with van der Waals surface area (Å²) in [5.41, 5.74) is 3.14. The Morgan fingerprint density at radius 2 is 2.00 bits per heavy atom. The highest BCUT2D eigenvalue weighted by Gasteiger charge is 2.31. The molecule has 0 atom stereocenters. The van der Waals surface area contributed by atoms with Crippen molar-refractivity contribution in [3.63, 3.8) is 0 Å². The quantitative estimate of drug-likeness (QED) is 0.754. The Hall–Kier alpha value is -1.66. The van der Waals surface area contributed by atoms with Gasteiger partial charge < -0.3 is 14.7 Å². The zero-order chi connectivity index (χ0) is 18.8. The van der Waals surface area contributed by atoms with Crippen LogP contribution in [0.5, 0.6) is 0 Å². The summed E-state index contributed by atoms with van der Waals surface area (Å²) in [6, 6.07) is 2.02. The molecule has 0 bridgehead atoms. The van der Waals surface area contributed by atoms with Crippen molar-refractivity contribution in [3.05, 3.63) is 23.0 Å². The van der Waals surface area contributed by atoms with E-state index in [1.165, 1.54) is 0 Å². The molecule has 4 rings (SSSR count). The fourth-order valence-corrected chi connectivity index (χ4v) is 4.05. The molecule has 2 fully saturated rings. The fraction of sp³-hybridized carbons (Fsp3) is 0.667. The summed E-state index contributed by atoms with van der Waals surface area (Å²) in [4.78, 5) is 20.1. The predicted molar refractivity (Wildman–Crippen MR) is 112 cm³/mol. The van der Waals surface area contributed by atoms with Crippen LogP contribution in [0, 0.1) is 5.92 Å². The molecule has 2 aromatic heterocycles. The Kier molecular flexibility index (Phi) is 6.94. The zero-order valence-corrected chi connectivity index (χ0v) is 17.7. The van der Waals surface area contributed by atoms with E-state index >= 15 is 0 Å². The largest absolute Gasteiger partial charge is 0.339 e. The van der Waals surface area contributed by atoms with Gasteiger partial charge >= 0.3 is 0 Å². The monoisotopic (exact) mass is 406 g/mol. The third-order valence-electron chi connectivity index (χ3n) is 5.83. The van der Waals surface area contributed by atoms with Crippen LogP contribution in [0.3, 0.4) is 0 Å². The van der Waals surface area contributed by atoms with Gasteiger partial charge in [-0.3, -0.25) is 4.79 Å². The van der Waals surface area contributed by atoms with Gasteiger partial charge in [0.05, 0.1) is 16.6 Å². The minimum absolute atomic E-state index is 0. The van der Waals surface area contributed by atoms with Gasteiger partial charge in [-0.2, -0.15) is 0 Å². The van der Waals surface area contributed by atoms with Gasteiger partial charge in [-0.1, -0.05) is 25.4 Å².